The molecule has 2 heterocycles. The Morgan fingerprint density at radius 2 is 1.97 bits per heavy atom. The van der Waals surface area contributed by atoms with Crippen LogP contribution in [0.1, 0.15) is 62.5 Å². The van der Waals surface area contributed by atoms with Crippen LogP contribution in [0.4, 0.5) is 0 Å². The predicted octanol–water partition coefficient (Wildman–Crippen LogP) is 4.21. The number of nitrogens with zero attached hydrogens (tertiary/aromatic N) is 1. The zero-order chi connectivity index (χ0) is 19.7. The third kappa shape index (κ3) is 6.70. The lowest BCUT2D eigenvalue weighted by Gasteiger charge is -2.28. The van der Waals surface area contributed by atoms with Crippen molar-refractivity contribution in [1.82, 2.24) is 10.2 Å². The number of hydrogen-bond acceptors (Lipinski definition) is 4. The van der Waals surface area contributed by atoms with Gasteiger partial charge in [0.2, 0.25) is 0 Å². The quantitative estimate of drug-likeness (QED) is 0.597. The normalized spacial score (nSPS) is 25.1. The molecule has 1 aliphatic carbocycles. The first kappa shape index (κ1) is 21.1. The lowest BCUT2D eigenvalue weighted by molar-refractivity contribution is 0.0116. The molecular weight excluding hydrogens is 360 g/mol. The van der Waals surface area contributed by atoms with Gasteiger partial charge >= 0.3 is 0 Å². The van der Waals surface area contributed by atoms with Gasteiger partial charge in [-0.3, -0.25) is 0 Å². The van der Waals surface area contributed by atoms with E-state index < -0.39 is 0 Å². The van der Waals surface area contributed by atoms with Crippen LogP contribution in [0, 0.1) is 5.92 Å². The molecule has 0 amide bonds. The summed E-state index contributed by atoms with van der Waals surface area (Å²) >= 11 is 0. The van der Waals surface area contributed by atoms with Gasteiger partial charge in [0, 0.05) is 13.2 Å². The Balaban J connectivity index is 1.10. The number of hydrogen-bond donors (Lipinski definition) is 1. The van der Waals surface area contributed by atoms with Gasteiger partial charge < -0.3 is 19.7 Å². The Bertz CT molecular complexity index is 609. The van der Waals surface area contributed by atoms with Crippen molar-refractivity contribution in [1.29, 1.82) is 0 Å². The fourth-order valence-corrected chi connectivity index (χ4v) is 5.19. The number of benzene rings is 1. The standard InChI is InChI=1S/C25H40N2O2/c1-4-16-28-24(6-1)11-13-26-12-5-17-29-25-10-9-22-18-21(7-8-23(22)19-25)20-27-14-2-3-15-27/h9-10,19,21,24,26H,1-8,11-18,20H2. The SMILES string of the molecule is c1cc2c(cc1OCCCNCCC1CCCCO1)CCC(CN1CCCC1)C2. The van der Waals surface area contributed by atoms with Gasteiger partial charge in [-0.15, -0.1) is 0 Å². The average molecular weight is 401 g/mol. The topological polar surface area (TPSA) is 33.7 Å². The molecule has 2 fully saturated rings. The van der Waals surface area contributed by atoms with E-state index in [0.717, 1.165) is 50.8 Å². The Morgan fingerprint density at radius 1 is 1.03 bits per heavy atom. The van der Waals surface area contributed by atoms with Crippen LogP contribution in [-0.4, -0.2) is 56.9 Å². The molecule has 4 rings (SSSR count). The number of rotatable bonds is 10. The van der Waals surface area contributed by atoms with Gasteiger partial charge in [-0.1, -0.05) is 6.07 Å². The van der Waals surface area contributed by atoms with E-state index in [1.54, 1.807) is 5.56 Å². The van der Waals surface area contributed by atoms with Crippen LogP contribution in [0.15, 0.2) is 18.2 Å². The van der Waals surface area contributed by atoms with Crippen molar-refractivity contribution in [2.45, 2.75) is 70.3 Å². The van der Waals surface area contributed by atoms with Gasteiger partial charge in [-0.2, -0.15) is 0 Å². The molecule has 2 aliphatic heterocycles. The van der Waals surface area contributed by atoms with E-state index in [9.17, 15) is 0 Å². The van der Waals surface area contributed by atoms with E-state index in [2.05, 4.69) is 28.4 Å². The summed E-state index contributed by atoms with van der Waals surface area (Å²) in [6.45, 7) is 7.77. The predicted molar refractivity (Wildman–Crippen MR) is 119 cm³/mol. The fourth-order valence-electron chi connectivity index (χ4n) is 5.19. The average Bonchev–Trinajstić information content (AvgIpc) is 3.27. The molecule has 2 saturated heterocycles. The minimum atomic E-state index is 0.484. The summed E-state index contributed by atoms with van der Waals surface area (Å²) in [5.74, 6) is 1.90. The lowest BCUT2D eigenvalue weighted by atomic mass is 9.83. The maximum atomic E-state index is 6.03. The lowest BCUT2D eigenvalue weighted by Crippen LogP contribution is -2.30. The summed E-state index contributed by atoms with van der Waals surface area (Å²) in [7, 11) is 0. The van der Waals surface area contributed by atoms with Gasteiger partial charge in [-0.05, 0) is 120 Å². The Kier molecular flexibility index (Phi) is 8.26. The number of ether oxygens (including phenoxy) is 2. The molecule has 1 aromatic rings. The van der Waals surface area contributed by atoms with Crippen molar-refractivity contribution < 1.29 is 9.47 Å². The summed E-state index contributed by atoms with van der Waals surface area (Å²) in [5, 5.41) is 3.54. The van der Waals surface area contributed by atoms with Crippen molar-refractivity contribution >= 4 is 0 Å². The van der Waals surface area contributed by atoms with Gasteiger partial charge in [0.05, 0.1) is 12.7 Å². The number of fused-ring (bicyclic) bond motifs is 1. The fraction of sp³-hybridized carbons (Fsp3) is 0.760. The maximum Gasteiger partial charge on any atom is 0.119 e. The minimum absolute atomic E-state index is 0.484. The summed E-state index contributed by atoms with van der Waals surface area (Å²) < 4.78 is 11.8. The van der Waals surface area contributed by atoms with Gasteiger partial charge in [-0.25, -0.2) is 0 Å². The Hall–Kier alpha value is -1.10. The molecule has 0 spiro atoms. The van der Waals surface area contributed by atoms with E-state index in [4.69, 9.17) is 9.47 Å². The summed E-state index contributed by atoms with van der Waals surface area (Å²) in [5.41, 5.74) is 3.07. The van der Waals surface area contributed by atoms with Crippen LogP contribution >= 0.6 is 0 Å². The molecule has 1 N–H and O–H groups in total. The zero-order valence-corrected chi connectivity index (χ0v) is 18.2. The highest BCUT2D eigenvalue weighted by atomic mass is 16.5. The molecule has 0 radical (unpaired) electrons. The van der Waals surface area contributed by atoms with Gasteiger partial charge in [0.15, 0.2) is 0 Å². The molecule has 0 bridgehead atoms. The highest BCUT2D eigenvalue weighted by Gasteiger charge is 2.22. The molecule has 2 unspecified atom stereocenters. The second-order valence-electron chi connectivity index (χ2n) is 9.28. The second kappa shape index (κ2) is 11.3. The van der Waals surface area contributed by atoms with E-state index in [-0.39, 0.29) is 0 Å². The van der Waals surface area contributed by atoms with Crippen LogP contribution in [-0.2, 0) is 17.6 Å². The maximum absolute atomic E-state index is 6.03. The summed E-state index contributed by atoms with van der Waals surface area (Å²) in [4.78, 5) is 2.67. The minimum Gasteiger partial charge on any atom is -0.494 e. The van der Waals surface area contributed by atoms with Crippen molar-refractivity contribution in [3.63, 3.8) is 0 Å². The van der Waals surface area contributed by atoms with Crippen LogP contribution in [0.2, 0.25) is 0 Å². The molecular formula is C25H40N2O2. The first-order valence-corrected chi connectivity index (χ1v) is 12.2. The molecule has 162 valence electrons. The highest BCUT2D eigenvalue weighted by molar-refractivity contribution is 5.37. The van der Waals surface area contributed by atoms with Crippen LogP contribution in [0.25, 0.3) is 0 Å². The first-order chi connectivity index (χ1) is 14.4. The zero-order valence-electron chi connectivity index (χ0n) is 18.2. The second-order valence-corrected chi connectivity index (χ2v) is 9.28. The first-order valence-electron chi connectivity index (χ1n) is 12.2. The highest BCUT2D eigenvalue weighted by Crippen LogP contribution is 2.29. The molecule has 0 saturated carbocycles. The van der Waals surface area contributed by atoms with Crippen LogP contribution in [0.3, 0.4) is 0 Å². The number of likely N-dealkylation sites (tertiary alicyclic amines) is 1. The molecule has 29 heavy (non-hydrogen) atoms. The summed E-state index contributed by atoms with van der Waals surface area (Å²) in [6, 6.07) is 6.81. The molecule has 4 nitrogen and oxygen atoms in total. The largest absolute Gasteiger partial charge is 0.494 e. The third-order valence-corrected chi connectivity index (χ3v) is 6.91. The van der Waals surface area contributed by atoms with E-state index in [0.29, 0.717) is 6.10 Å². The van der Waals surface area contributed by atoms with Gasteiger partial charge in [0.25, 0.3) is 0 Å². The van der Waals surface area contributed by atoms with E-state index >= 15 is 0 Å². The Labute approximate surface area is 177 Å². The van der Waals surface area contributed by atoms with Gasteiger partial charge in [0.1, 0.15) is 5.75 Å². The summed E-state index contributed by atoms with van der Waals surface area (Å²) in [6.07, 6.45) is 13.1. The van der Waals surface area contributed by atoms with E-state index in [1.165, 1.54) is 76.6 Å². The monoisotopic (exact) mass is 400 g/mol. The smallest absolute Gasteiger partial charge is 0.119 e. The molecule has 1 aromatic carbocycles. The molecule has 4 heteroatoms. The van der Waals surface area contributed by atoms with Crippen molar-refractivity contribution in [2.75, 3.05) is 45.9 Å². The molecule has 0 aromatic heterocycles. The van der Waals surface area contributed by atoms with Crippen molar-refractivity contribution in [3.8, 4) is 5.75 Å². The third-order valence-electron chi connectivity index (χ3n) is 6.91. The number of aryl methyl sites for hydroxylation is 1. The van der Waals surface area contributed by atoms with Crippen LogP contribution in [0.5, 0.6) is 5.75 Å². The number of nitrogens with one attached hydrogen (secondary N) is 1. The Morgan fingerprint density at radius 3 is 2.83 bits per heavy atom. The van der Waals surface area contributed by atoms with Crippen LogP contribution < -0.4 is 10.1 Å². The van der Waals surface area contributed by atoms with Crippen molar-refractivity contribution in [3.05, 3.63) is 29.3 Å². The molecule has 2 atom stereocenters. The molecule has 3 aliphatic rings. The van der Waals surface area contributed by atoms with E-state index in [1.807, 2.05) is 0 Å². The van der Waals surface area contributed by atoms with Crippen molar-refractivity contribution in [2.24, 2.45) is 5.92 Å².